The molecule has 0 aromatic heterocycles. The third-order valence-electron chi connectivity index (χ3n) is 5.96. The van der Waals surface area contributed by atoms with Gasteiger partial charge in [0.25, 0.3) is 0 Å². The SMILES string of the molecule is c1ccc(CCC(NNC(CCc2ccccc2)c2ccccc2)c2ccccc2)cc1. The molecule has 0 aliphatic heterocycles. The first kappa shape index (κ1) is 22.0. The predicted octanol–water partition coefficient (Wildman–Crippen LogP) is 6.83. The summed E-state index contributed by atoms with van der Waals surface area (Å²) < 4.78 is 0. The van der Waals surface area contributed by atoms with Gasteiger partial charge in [0.05, 0.1) is 0 Å². The summed E-state index contributed by atoms with van der Waals surface area (Å²) in [5.74, 6) is 0. The highest BCUT2D eigenvalue weighted by molar-refractivity contribution is 5.22. The van der Waals surface area contributed by atoms with E-state index in [0.29, 0.717) is 0 Å². The van der Waals surface area contributed by atoms with E-state index < -0.39 is 0 Å². The van der Waals surface area contributed by atoms with E-state index in [9.17, 15) is 0 Å². The molecule has 0 fully saturated rings. The van der Waals surface area contributed by atoms with Crippen LogP contribution in [0.4, 0.5) is 0 Å². The van der Waals surface area contributed by atoms with Gasteiger partial charge in [0.15, 0.2) is 0 Å². The molecule has 0 spiro atoms. The summed E-state index contributed by atoms with van der Waals surface area (Å²) in [5, 5.41) is 0. The van der Waals surface area contributed by atoms with Gasteiger partial charge in [-0.25, -0.2) is 10.9 Å². The number of hydrazine groups is 1. The van der Waals surface area contributed by atoms with Crippen LogP contribution in [0.15, 0.2) is 121 Å². The van der Waals surface area contributed by atoms with Crippen LogP contribution >= 0.6 is 0 Å². The monoisotopic (exact) mass is 420 g/mol. The van der Waals surface area contributed by atoms with Crippen LogP contribution in [0, 0.1) is 0 Å². The van der Waals surface area contributed by atoms with Gasteiger partial charge in [-0.15, -0.1) is 0 Å². The van der Waals surface area contributed by atoms with Crippen LogP contribution in [0.3, 0.4) is 0 Å². The first-order valence-corrected chi connectivity index (χ1v) is 11.6. The van der Waals surface area contributed by atoms with Gasteiger partial charge in [-0.3, -0.25) is 0 Å². The number of aryl methyl sites for hydroxylation is 2. The Balaban J connectivity index is 1.45. The van der Waals surface area contributed by atoms with Gasteiger partial charge >= 0.3 is 0 Å². The Bertz CT molecular complexity index is 930. The van der Waals surface area contributed by atoms with Crippen LogP contribution < -0.4 is 10.9 Å². The molecule has 2 nitrogen and oxygen atoms in total. The second-order valence-corrected chi connectivity index (χ2v) is 8.26. The average Bonchev–Trinajstić information content (AvgIpc) is 2.88. The van der Waals surface area contributed by atoms with Crippen molar-refractivity contribution in [2.24, 2.45) is 0 Å². The minimum atomic E-state index is 0.236. The normalized spacial score (nSPS) is 12.9. The molecular weight excluding hydrogens is 388 g/mol. The highest BCUT2D eigenvalue weighted by atomic mass is 15.4. The molecule has 2 heteroatoms. The van der Waals surface area contributed by atoms with E-state index in [1.54, 1.807) is 0 Å². The molecular formula is C30H32N2. The minimum Gasteiger partial charge on any atom is -0.250 e. The van der Waals surface area contributed by atoms with Gasteiger partial charge in [-0.05, 0) is 47.9 Å². The molecule has 0 bridgehead atoms. The van der Waals surface area contributed by atoms with Crippen LogP contribution in [-0.2, 0) is 12.8 Å². The van der Waals surface area contributed by atoms with Gasteiger partial charge in [-0.2, -0.15) is 0 Å². The molecule has 2 N–H and O–H groups in total. The zero-order valence-corrected chi connectivity index (χ0v) is 18.5. The molecule has 2 atom stereocenters. The Labute approximate surface area is 192 Å². The standard InChI is InChI=1S/C30H32N2/c1-5-13-25(14-6-1)21-23-29(27-17-9-3-10-18-27)31-32-30(28-19-11-4-12-20-28)24-22-26-15-7-2-8-16-26/h1-20,29-32H,21-24H2. The number of benzene rings is 4. The maximum Gasteiger partial charge on any atom is 0.0465 e. The van der Waals surface area contributed by atoms with Gasteiger partial charge < -0.3 is 0 Å². The first-order chi connectivity index (χ1) is 15.9. The van der Waals surface area contributed by atoms with Crippen molar-refractivity contribution < 1.29 is 0 Å². The van der Waals surface area contributed by atoms with E-state index in [1.165, 1.54) is 22.3 Å². The zero-order chi connectivity index (χ0) is 21.8. The van der Waals surface area contributed by atoms with Crippen molar-refractivity contribution in [3.8, 4) is 0 Å². The quantitative estimate of drug-likeness (QED) is 0.260. The van der Waals surface area contributed by atoms with Crippen molar-refractivity contribution in [3.05, 3.63) is 144 Å². The van der Waals surface area contributed by atoms with Crippen molar-refractivity contribution in [1.82, 2.24) is 10.9 Å². The number of nitrogens with one attached hydrogen (secondary N) is 2. The van der Waals surface area contributed by atoms with E-state index in [0.717, 1.165) is 25.7 Å². The van der Waals surface area contributed by atoms with Gasteiger partial charge in [-0.1, -0.05) is 121 Å². The molecule has 4 aromatic rings. The number of hydrogen-bond donors (Lipinski definition) is 2. The molecule has 162 valence electrons. The number of rotatable bonds is 11. The van der Waals surface area contributed by atoms with Crippen molar-refractivity contribution in [3.63, 3.8) is 0 Å². The van der Waals surface area contributed by atoms with E-state index in [-0.39, 0.29) is 12.1 Å². The minimum absolute atomic E-state index is 0.236. The van der Waals surface area contributed by atoms with Crippen molar-refractivity contribution in [2.75, 3.05) is 0 Å². The van der Waals surface area contributed by atoms with E-state index in [4.69, 9.17) is 0 Å². The zero-order valence-electron chi connectivity index (χ0n) is 18.5. The molecule has 32 heavy (non-hydrogen) atoms. The lowest BCUT2D eigenvalue weighted by Crippen LogP contribution is -2.38. The van der Waals surface area contributed by atoms with Crippen molar-refractivity contribution in [2.45, 2.75) is 37.8 Å². The summed E-state index contributed by atoms with van der Waals surface area (Å²) in [6.07, 6.45) is 4.13. The third-order valence-corrected chi connectivity index (χ3v) is 5.96. The van der Waals surface area contributed by atoms with Gasteiger partial charge in [0, 0.05) is 12.1 Å². The fraction of sp³-hybridized carbons (Fsp3) is 0.200. The van der Waals surface area contributed by atoms with Crippen molar-refractivity contribution in [1.29, 1.82) is 0 Å². The smallest absolute Gasteiger partial charge is 0.0465 e. The Kier molecular flexibility index (Phi) is 8.25. The third kappa shape index (κ3) is 6.65. The Hall–Kier alpha value is -3.20. The summed E-state index contributed by atoms with van der Waals surface area (Å²) in [6.45, 7) is 0. The lowest BCUT2D eigenvalue weighted by molar-refractivity contribution is 0.355. The average molecular weight is 421 g/mol. The second-order valence-electron chi connectivity index (χ2n) is 8.26. The molecule has 2 unspecified atom stereocenters. The Morgan fingerprint density at radius 2 is 0.719 bits per heavy atom. The molecule has 0 aliphatic rings. The molecule has 4 rings (SSSR count). The number of hydrogen-bond acceptors (Lipinski definition) is 2. The maximum atomic E-state index is 3.69. The molecule has 0 radical (unpaired) electrons. The highest BCUT2D eigenvalue weighted by Crippen LogP contribution is 2.22. The predicted molar refractivity (Wildman–Crippen MR) is 134 cm³/mol. The first-order valence-electron chi connectivity index (χ1n) is 11.6. The fourth-order valence-electron chi connectivity index (χ4n) is 4.13. The second kappa shape index (κ2) is 12.0. The maximum absolute atomic E-state index is 3.69. The van der Waals surface area contributed by atoms with Crippen LogP contribution in [0.2, 0.25) is 0 Å². The van der Waals surface area contributed by atoms with E-state index in [2.05, 4.69) is 132 Å². The summed E-state index contributed by atoms with van der Waals surface area (Å²) in [5.41, 5.74) is 12.8. The van der Waals surface area contributed by atoms with Crippen LogP contribution in [0.5, 0.6) is 0 Å². The molecule has 0 saturated heterocycles. The Morgan fingerprint density at radius 3 is 1.06 bits per heavy atom. The molecule has 0 amide bonds. The lowest BCUT2D eigenvalue weighted by atomic mass is 9.98. The van der Waals surface area contributed by atoms with Gasteiger partial charge in [0.1, 0.15) is 0 Å². The largest absolute Gasteiger partial charge is 0.250 e. The fourth-order valence-corrected chi connectivity index (χ4v) is 4.13. The van der Waals surface area contributed by atoms with Crippen molar-refractivity contribution >= 4 is 0 Å². The molecule has 0 heterocycles. The summed E-state index contributed by atoms with van der Waals surface area (Å²) in [4.78, 5) is 0. The van der Waals surface area contributed by atoms with Gasteiger partial charge in [0.2, 0.25) is 0 Å². The Morgan fingerprint density at radius 1 is 0.406 bits per heavy atom. The summed E-state index contributed by atoms with van der Waals surface area (Å²) in [6, 6.07) is 43.4. The van der Waals surface area contributed by atoms with Crippen LogP contribution in [0.25, 0.3) is 0 Å². The summed E-state index contributed by atoms with van der Waals surface area (Å²) >= 11 is 0. The van der Waals surface area contributed by atoms with E-state index >= 15 is 0 Å². The molecule has 0 aliphatic carbocycles. The van der Waals surface area contributed by atoms with Crippen LogP contribution in [0.1, 0.15) is 47.2 Å². The lowest BCUT2D eigenvalue weighted by Gasteiger charge is -2.26. The molecule has 0 saturated carbocycles. The highest BCUT2D eigenvalue weighted by Gasteiger charge is 2.16. The topological polar surface area (TPSA) is 24.1 Å². The molecule has 4 aromatic carbocycles. The van der Waals surface area contributed by atoms with Crippen LogP contribution in [-0.4, -0.2) is 0 Å². The summed E-state index contributed by atoms with van der Waals surface area (Å²) in [7, 11) is 0. The van der Waals surface area contributed by atoms with E-state index in [1.807, 2.05) is 0 Å².